The van der Waals surface area contributed by atoms with Gasteiger partial charge in [0, 0.05) is 30.8 Å². The fraction of sp³-hybridized carbons (Fsp3) is 0.238. The van der Waals surface area contributed by atoms with Gasteiger partial charge in [-0.2, -0.15) is 0 Å². The van der Waals surface area contributed by atoms with Gasteiger partial charge in [-0.15, -0.1) is 0 Å². The highest BCUT2D eigenvalue weighted by molar-refractivity contribution is 5.88. The molecule has 0 saturated carbocycles. The molecule has 0 aliphatic heterocycles. The van der Waals surface area contributed by atoms with Gasteiger partial charge < -0.3 is 10.0 Å². The van der Waals surface area contributed by atoms with E-state index in [9.17, 15) is 5.11 Å². The third-order valence-corrected chi connectivity index (χ3v) is 4.46. The van der Waals surface area contributed by atoms with E-state index in [0.717, 1.165) is 30.5 Å². The van der Waals surface area contributed by atoms with Crippen LogP contribution in [0.25, 0.3) is 10.8 Å². The maximum atomic E-state index is 10.3. The van der Waals surface area contributed by atoms with Crippen LogP contribution in [0.2, 0.25) is 0 Å². The molecular formula is C21H23NO. The number of fused-ring (bicyclic) bond motifs is 1. The molecule has 0 aromatic heterocycles. The first kappa shape index (κ1) is 15.4. The maximum absolute atomic E-state index is 10.3. The third kappa shape index (κ3) is 3.16. The smallest absolute Gasteiger partial charge is 0.119 e. The minimum absolute atomic E-state index is 0.372. The number of benzene rings is 3. The second kappa shape index (κ2) is 6.74. The van der Waals surface area contributed by atoms with Crippen molar-refractivity contribution in [3.05, 3.63) is 71.8 Å². The monoisotopic (exact) mass is 305 g/mol. The summed E-state index contributed by atoms with van der Waals surface area (Å²) in [6, 6.07) is 20.6. The normalized spacial score (nSPS) is 10.9. The Kier molecular flexibility index (Phi) is 4.52. The van der Waals surface area contributed by atoms with Crippen molar-refractivity contribution in [1.82, 2.24) is 0 Å². The molecule has 23 heavy (non-hydrogen) atoms. The van der Waals surface area contributed by atoms with Crippen LogP contribution < -0.4 is 4.90 Å². The lowest BCUT2D eigenvalue weighted by Crippen LogP contribution is -2.21. The Morgan fingerprint density at radius 1 is 0.826 bits per heavy atom. The molecular weight excluding hydrogens is 282 g/mol. The zero-order chi connectivity index (χ0) is 16.2. The van der Waals surface area contributed by atoms with Crippen LogP contribution in [0.4, 0.5) is 5.69 Å². The summed E-state index contributed by atoms with van der Waals surface area (Å²) in [5.41, 5.74) is 3.46. The predicted octanol–water partition coefficient (Wildman–Crippen LogP) is 4.98. The van der Waals surface area contributed by atoms with Gasteiger partial charge in [0.1, 0.15) is 5.75 Å². The molecule has 0 radical (unpaired) electrons. The van der Waals surface area contributed by atoms with Crippen LogP contribution >= 0.6 is 0 Å². The van der Waals surface area contributed by atoms with Crippen molar-refractivity contribution < 1.29 is 5.11 Å². The molecule has 0 unspecified atom stereocenters. The molecule has 2 nitrogen and oxygen atoms in total. The van der Waals surface area contributed by atoms with Gasteiger partial charge in [-0.25, -0.2) is 0 Å². The van der Waals surface area contributed by atoms with Gasteiger partial charge in [0.05, 0.1) is 0 Å². The lowest BCUT2D eigenvalue weighted by atomic mass is 9.97. The molecule has 2 heteroatoms. The number of rotatable bonds is 5. The summed E-state index contributed by atoms with van der Waals surface area (Å²) >= 11 is 0. The second-order valence-electron chi connectivity index (χ2n) is 5.80. The first-order chi connectivity index (χ1) is 11.2. The summed E-state index contributed by atoms with van der Waals surface area (Å²) in [6.45, 7) is 6.37. The summed E-state index contributed by atoms with van der Waals surface area (Å²) in [7, 11) is 0. The van der Waals surface area contributed by atoms with E-state index in [-0.39, 0.29) is 0 Å². The molecule has 0 bridgehead atoms. The molecule has 0 fully saturated rings. The van der Waals surface area contributed by atoms with Gasteiger partial charge >= 0.3 is 0 Å². The van der Waals surface area contributed by atoms with Crippen molar-refractivity contribution in [2.24, 2.45) is 0 Å². The fourth-order valence-corrected chi connectivity index (χ4v) is 3.13. The van der Waals surface area contributed by atoms with Gasteiger partial charge in [-0.3, -0.25) is 0 Å². The van der Waals surface area contributed by atoms with Crippen LogP contribution in [0.3, 0.4) is 0 Å². The van der Waals surface area contributed by atoms with E-state index in [4.69, 9.17) is 0 Å². The number of anilines is 1. The molecule has 0 amide bonds. The lowest BCUT2D eigenvalue weighted by Gasteiger charge is -2.21. The maximum Gasteiger partial charge on any atom is 0.119 e. The number of aromatic hydroxyl groups is 1. The first-order valence-corrected chi connectivity index (χ1v) is 8.26. The highest BCUT2D eigenvalue weighted by Crippen LogP contribution is 2.29. The molecule has 0 saturated heterocycles. The van der Waals surface area contributed by atoms with Gasteiger partial charge in [0.2, 0.25) is 0 Å². The summed E-state index contributed by atoms with van der Waals surface area (Å²) in [5, 5.41) is 12.6. The van der Waals surface area contributed by atoms with Crippen molar-refractivity contribution in [2.75, 3.05) is 18.0 Å². The van der Waals surface area contributed by atoms with E-state index in [1.165, 1.54) is 16.6 Å². The molecule has 0 spiro atoms. The largest absolute Gasteiger partial charge is 0.508 e. The van der Waals surface area contributed by atoms with Gasteiger partial charge in [0.15, 0.2) is 0 Å². The van der Waals surface area contributed by atoms with Gasteiger partial charge in [0.25, 0.3) is 0 Å². The third-order valence-electron chi connectivity index (χ3n) is 4.46. The van der Waals surface area contributed by atoms with Crippen molar-refractivity contribution in [2.45, 2.75) is 20.3 Å². The Bertz CT molecular complexity index is 789. The van der Waals surface area contributed by atoms with Crippen molar-refractivity contribution in [3.63, 3.8) is 0 Å². The van der Waals surface area contributed by atoms with E-state index in [1.54, 1.807) is 6.07 Å². The Morgan fingerprint density at radius 3 is 2.22 bits per heavy atom. The second-order valence-corrected chi connectivity index (χ2v) is 5.80. The number of phenols is 1. The summed E-state index contributed by atoms with van der Waals surface area (Å²) in [4.78, 5) is 2.33. The summed E-state index contributed by atoms with van der Waals surface area (Å²) in [6.07, 6.45) is 0.742. The van der Waals surface area contributed by atoms with E-state index in [2.05, 4.69) is 55.1 Å². The Balaban J connectivity index is 1.92. The molecule has 0 aliphatic rings. The molecule has 1 N–H and O–H groups in total. The quantitative estimate of drug-likeness (QED) is 0.718. The predicted molar refractivity (Wildman–Crippen MR) is 98.4 cm³/mol. The van der Waals surface area contributed by atoms with Crippen molar-refractivity contribution >= 4 is 16.5 Å². The molecule has 0 aliphatic carbocycles. The molecule has 3 rings (SSSR count). The zero-order valence-electron chi connectivity index (χ0n) is 13.8. The standard InChI is InChI=1S/C21H23NO/c1-3-22(4-2)18-12-9-16(10-13-18)15-20-19-8-6-5-7-17(19)11-14-21(20)23/h5-14,23H,3-4,15H2,1-2H3. The van der Waals surface area contributed by atoms with Crippen molar-refractivity contribution in [3.8, 4) is 5.75 Å². The fourth-order valence-electron chi connectivity index (χ4n) is 3.13. The SMILES string of the molecule is CCN(CC)c1ccc(Cc2c(O)ccc3ccccc23)cc1. The van der Waals surface area contributed by atoms with Crippen LogP contribution in [0, 0.1) is 0 Å². The van der Waals surface area contributed by atoms with E-state index in [1.807, 2.05) is 18.2 Å². The van der Waals surface area contributed by atoms with Crippen LogP contribution in [-0.4, -0.2) is 18.2 Å². The molecule has 0 atom stereocenters. The van der Waals surface area contributed by atoms with Crippen LogP contribution in [0.15, 0.2) is 60.7 Å². The van der Waals surface area contributed by atoms with Crippen LogP contribution in [0.1, 0.15) is 25.0 Å². The first-order valence-electron chi connectivity index (χ1n) is 8.26. The van der Waals surface area contributed by atoms with E-state index < -0.39 is 0 Å². The number of nitrogens with zero attached hydrogens (tertiary/aromatic N) is 1. The minimum atomic E-state index is 0.372. The van der Waals surface area contributed by atoms with Gasteiger partial charge in [-0.1, -0.05) is 42.5 Å². The average molecular weight is 305 g/mol. The molecule has 118 valence electrons. The highest BCUT2D eigenvalue weighted by Gasteiger charge is 2.08. The molecule has 3 aromatic carbocycles. The molecule has 3 aromatic rings. The number of hydrogen-bond acceptors (Lipinski definition) is 2. The van der Waals surface area contributed by atoms with Gasteiger partial charge in [-0.05, 0) is 48.4 Å². The lowest BCUT2D eigenvalue weighted by molar-refractivity contribution is 0.470. The molecule has 0 heterocycles. The van der Waals surface area contributed by atoms with Crippen LogP contribution in [0.5, 0.6) is 5.75 Å². The number of hydrogen-bond donors (Lipinski definition) is 1. The Labute approximate surface area is 138 Å². The number of phenolic OH excluding ortho intramolecular Hbond substituents is 1. The minimum Gasteiger partial charge on any atom is -0.508 e. The Morgan fingerprint density at radius 2 is 1.52 bits per heavy atom. The topological polar surface area (TPSA) is 23.5 Å². The summed E-state index contributed by atoms with van der Waals surface area (Å²) in [5.74, 6) is 0.372. The Hall–Kier alpha value is -2.48. The zero-order valence-corrected chi connectivity index (χ0v) is 13.8. The van der Waals surface area contributed by atoms with E-state index >= 15 is 0 Å². The average Bonchev–Trinajstić information content (AvgIpc) is 2.60. The summed E-state index contributed by atoms with van der Waals surface area (Å²) < 4.78 is 0. The van der Waals surface area contributed by atoms with Crippen molar-refractivity contribution in [1.29, 1.82) is 0 Å². The van der Waals surface area contributed by atoms with Crippen LogP contribution in [-0.2, 0) is 6.42 Å². The highest BCUT2D eigenvalue weighted by atomic mass is 16.3. The van der Waals surface area contributed by atoms with E-state index in [0.29, 0.717) is 5.75 Å².